The fraction of sp³-hybridized carbons (Fsp3) is 0.348. The van der Waals surface area contributed by atoms with Gasteiger partial charge < -0.3 is 19.5 Å². The number of ether oxygens (including phenoxy) is 1. The number of carbonyl (C=O) groups is 3. The minimum Gasteiger partial charge on any atom is -0.467 e. The van der Waals surface area contributed by atoms with E-state index in [2.05, 4.69) is 15.3 Å². The van der Waals surface area contributed by atoms with E-state index in [0.29, 0.717) is 42.7 Å². The zero-order valence-corrected chi connectivity index (χ0v) is 18.1. The second-order valence-electron chi connectivity index (χ2n) is 7.76. The van der Waals surface area contributed by atoms with E-state index in [4.69, 9.17) is 4.74 Å². The average Bonchev–Trinajstić information content (AvgIpc) is 3.44. The van der Waals surface area contributed by atoms with Crippen molar-refractivity contribution in [2.24, 2.45) is 0 Å². The summed E-state index contributed by atoms with van der Waals surface area (Å²) in [5.41, 5.74) is 3.15. The van der Waals surface area contributed by atoms with E-state index in [9.17, 15) is 14.4 Å². The lowest BCUT2D eigenvalue weighted by Gasteiger charge is -2.23. The monoisotopic (exact) mass is 435 g/mol. The maximum absolute atomic E-state index is 13.2. The molecular weight excluding hydrogens is 410 g/mol. The third-order valence-corrected chi connectivity index (χ3v) is 5.59. The van der Waals surface area contributed by atoms with Crippen LogP contribution >= 0.6 is 0 Å². The summed E-state index contributed by atoms with van der Waals surface area (Å²) in [5.74, 6) is -0.950. The molecule has 0 aliphatic carbocycles. The van der Waals surface area contributed by atoms with Crippen molar-refractivity contribution in [2.75, 3.05) is 19.0 Å². The summed E-state index contributed by atoms with van der Waals surface area (Å²) in [6.07, 6.45) is 5.44. The Hall–Kier alpha value is -3.75. The van der Waals surface area contributed by atoms with Gasteiger partial charge in [0.15, 0.2) is 0 Å². The molecule has 1 aliphatic rings. The fourth-order valence-corrected chi connectivity index (χ4v) is 4.12. The Balaban J connectivity index is 1.67. The predicted molar refractivity (Wildman–Crippen MR) is 118 cm³/mol. The number of imidazole rings is 1. The quantitative estimate of drug-likeness (QED) is 0.596. The number of fused-ring (bicyclic) bond motifs is 1. The Morgan fingerprint density at radius 1 is 1.22 bits per heavy atom. The van der Waals surface area contributed by atoms with E-state index in [1.807, 2.05) is 22.8 Å². The lowest BCUT2D eigenvalue weighted by molar-refractivity contribution is -0.145. The van der Waals surface area contributed by atoms with E-state index in [0.717, 1.165) is 17.6 Å². The normalized spacial score (nSPS) is 15.7. The Labute approximate surface area is 185 Å². The SMILES string of the molecule is COC(=O)[C@@H]1CCCN1C(=O)c1cc(NC(C)=O)c2c(c1)ncn2CCc1ccccn1. The molecular formula is C23H25N5O4. The van der Waals surface area contributed by atoms with E-state index in [1.165, 1.54) is 18.9 Å². The Kier molecular flexibility index (Phi) is 6.16. The number of hydrogen-bond acceptors (Lipinski definition) is 6. The molecule has 1 aliphatic heterocycles. The molecule has 0 spiro atoms. The second kappa shape index (κ2) is 9.17. The number of rotatable bonds is 6. The summed E-state index contributed by atoms with van der Waals surface area (Å²) in [7, 11) is 1.32. The van der Waals surface area contributed by atoms with Gasteiger partial charge in [0.05, 0.1) is 30.2 Å². The molecule has 3 aromatic rings. The van der Waals surface area contributed by atoms with Crippen LogP contribution in [-0.4, -0.2) is 56.9 Å². The second-order valence-corrected chi connectivity index (χ2v) is 7.76. The number of aryl methyl sites for hydroxylation is 2. The van der Waals surface area contributed by atoms with Crippen LogP contribution in [0.25, 0.3) is 11.0 Å². The van der Waals surface area contributed by atoms with Crippen LogP contribution in [0.2, 0.25) is 0 Å². The van der Waals surface area contributed by atoms with Gasteiger partial charge >= 0.3 is 5.97 Å². The molecule has 0 radical (unpaired) electrons. The van der Waals surface area contributed by atoms with E-state index >= 15 is 0 Å². The van der Waals surface area contributed by atoms with Crippen LogP contribution in [0.3, 0.4) is 0 Å². The number of amides is 2. The van der Waals surface area contributed by atoms with Gasteiger partial charge in [0.25, 0.3) is 5.91 Å². The highest BCUT2D eigenvalue weighted by atomic mass is 16.5. The predicted octanol–water partition coefficient (Wildman–Crippen LogP) is 2.41. The number of pyridine rings is 1. The third kappa shape index (κ3) is 4.32. The largest absolute Gasteiger partial charge is 0.467 e. The number of nitrogens with zero attached hydrogens (tertiary/aromatic N) is 4. The Morgan fingerprint density at radius 2 is 2.06 bits per heavy atom. The number of likely N-dealkylation sites (tertiary alicyclic amines) is 1. The van der Waals surface area contributed by atoms with Gasteiger partial charge in [-0.15, -0.1) is 0 Å². The number of esters is 1. The third-order valence-electron chi connectivity index (χ3n) is 5.59. The van der Waals surface area contributed by atoms with Gasteiger partial charge in [-0.2, -0.15) is 0 Å². The van der Waals surface area contributed by atoms with Gasteiger partial charge in [0.2, 0.25) is 5.91 Å². The highest BCUT2D eigenvalue weighted by Crippen LogP contribution is 2.28. The molecule has 1 saturated heterocycles. The number of nitrogens with one attached hydrogen (secondary N) is 1. The summed E-state index contributed by atoms with van der Waals surface area (Å²) in [5, 5.41) is 2.83. The fourth-order valence-electron chi connectivity index (χ4n) is 4.12. The highest BCUT2D eigenvalue weighted by Gasteiger charge is 2.35. The zero-order chi connectivity index (χ0) is 22.7. The van der Waals surface area contributed by atoms with Crippen molar-refractivity contribution >= 4 is 34.5 Å². The molecule has 1 fully saturated rings. The summed E-state index contributed by atoms with van der Waals surface area (Å²) < 4.78 is 6.79. The maximum atomic E-state index is 13.2. The molecule has 3 heterocycles. The summed E-state index contributed by atoms with van der Waals surface area (Å²) in [6.45, 7) is 2.51. The lowest BCUT2D eigenvalue weighted by Crippen LogP contribution is -2.41. The number of anilines is 1. The molecule has 1 aromatic carbocycles. The van der Waals surface area contributed by atoms with E-state index in [1.54, 1.807) is 24.7 Å². The van der Waals surface area contributed by atoms with Crippen LogP contribution in [0.5, 0.6) is 0 Å². The molecule has 166 valence electrons. The highest BCUT2D eigenvalue weighted by molar-refractivity contribution is 6.05. The average molecular weight is 435 g/mol. The van der Waals surface area contributed by atoms with E-state index < -0.39 is 12.0 Å². The van der Waals surface area contributed by atoms with Crippen molar-refractivity contribution < 1.29 is 19.1 Å². The summed E-state index contributed by atoms with van der Waals surface area (Å²) in [4.78, 5) is 47.5. The molecule has 2 amide bonds. The van der Waals surface area contributed by atoms with Crippen molar-refractivity contribution in [1.82, 2.24) is 19.4 Å². The smallest absolute Gasteiger partial charge is 0.328 e. The first kappa shape index (κ1) is 21.5. The van der Waals surface area contributed by atoms with Crippen molar-refractivity contribution in [2.45, 2.75) is 38.8 Å². The van der Waals surface area contributed by atoms with Gasteiger partial charge in [0, 0.05) is 43.9 Å². The molecule has 1 atom stereocenters. The van der Waals surface area contributed by atoms with Crippen LogP contribution in [0.4, 0.5) is 5.69 Å². The van der Waals surface area contributed by atoms with Crippen LogP contribution in [-0.2, 0) is 27.3 Å². The molecule has 1 N–H and O–H groups in total. The van der Waals surface area contributed by atoms with Gasteiger partial charge in [-0.3, -0.25) is 14.6 Å². The Bertz CT molecular complexity index is 1160. The minimum atomic E-state index is -0.594. The van der Waals surface area contributed by atoms with Gasteiger partial charge in [0.1, 0.15) is 6.04 Å². The van der Waals surface area contributed by atoms with Crippen molar-refractivity contribution in [3.63, 3.8) is 0 Å². The summed E-state index contributed by atoms with van der Waals surface area (Å²) in [6, 6.07) is 8.52. The maximum Gasteiger partial charge on any atom is 0.328 e. The number of methoxy groups -OCH3 is 1. The standard InChI is InChI=1S/C23H25N5O4/c1-15(29)26-19-13-16(22(30)28-10-5-7-20(28)23(31)32-2)12-18-21(19)27(14-25-18)11-8-17-6-3-4-9-24-17/h3-4,6,9,12-14,20H,5,7-8,10-11H2,1-2H3,(H,26,29)/t20-/m0/s1. The van der Waals surface area contributed by atoms with Crippen LogP contribution in [0, 0.1) is 0 Å². The lowest BCUT2D eigenvalue weighted by atomic mass is 10.1. The zero-order valence-electron chi connectivity index (χ0n) is 18.1. The number of benzene rings is 1. The molecule has 9 nitrogen and oxygen atoms in total. The molecule has 0 unspecified atom stereocenters. The molecule has 32 heavy (non-hydrogen) atoms. The van der Waals surface area contributed by atoms with Crippen LogP contribution in [0.15, 0.2) is 42.9 Å². The first-order valence-electron chi connectivity index (χ1n) is 10.5. The van der Waals surface area contributed by atoms with Crippen LogP contribution < -0.4 is 5.32 Å². The molecule has 4 rings (SSSR count). The first-order chi connectivity index (χ1) is 15.5. The Morgan fingerprint density at radius 3 is 2.78 bits per heavy atom. The molecule has 2 aromatic heterocycles. The number of carbonyl (C=O) groups excluding carboxylic acids is 3. The topological polar surface area (TPSA) is 106 Å². The number of aromatic nitrogens is 3. The molecule has 0 bridgehead atoms. The molecule has 0 saturated carbocycles. The first-order valence-corrected chi connectivity index (χ1v) is 10.5. The van der Waals surface area contributed by atoms with Gasteiger partial charge in [-0.25, -0.2) is 9.78 Å². The van der Waals surface area contributed by atoms with E-state index in [-0.39, 0.29) is 11.8 Å². The van der Waals surface area contributed by atoms with Gasteiger partial charge in [-0.1, -0.05) is 6.07 Å². The minimum absolute atomic E-state index is 0.248. The van der Waals surface area contributed by atoms with Crippen LogP contribution in [0.1, 0.15) is 35.8 Å². The van der Waals surface area contributed by atoms with Crippen molar-refractivity contribution in [3.05, 3.63) is 54.1 Å². The van der Waals surface area contributed by atoms with Gasteiger partial charge in [-0.05, 0) is 37.1 Å². The number of hydrogen-bond donors (Lipinski definition) is 1. The summed E-state index contributed by atoms with van der Waals surface area (Å²) >= 11 is 0. The van der Waals surface area contributed by atoms with Crippen molar-refractivity contribution in [1.29, 1.82) is 0 Å². The van der Waals surface area contributed by atoms with Crippen molar-refractivity contribution in [3.8, 4) is 0 Å². The molecule has 9 heteroatoms.